The van der Waals surface area contributed by atoms with Crippen LogP contribution in [0, 0.1) is 26.0 Å². The zero-order chi connectivity index (χ0) is 53.1. The number of nitrogens with zero attached hydrogens (tertiary/aromatic N) is 3. The van der Waals surface area contributed by atoms with E-state index in [1.807, 2.05) is 44.3 Å². The summed E-state index contributed by atoms with van der Waals surface area (Å²) in [5.74, 6) is 1.30. The Morgan fingerprint density at radius 2 is 1.25 bits per heavy atom. The van der Waals surface area contributed by atoms with Crippen LogP contribution in [-0.2, 0) is 20.1 Å². The number of aromatic nitrogens is 3. The molecule has 3 aromatic heterocycles. The largest absolute Gasteiger partial charge is 0.501 e. The first kappa shape index (κ1) is 51.8. The summed E-state index contributed by atoms with van der Waals surface area (Å²) in [5.41, 5.74) is 20.2. The summed E-state index contributed by atoms with van der Waals surface area (Å²) in [6.07, 6.45) is 2.00. The number of furan rings is 1. The summed E-state index contributed by atoms with van der Waals surface area (Å²) in [6.45, 7) is 28.9. The third-order valence-electron chi connectivity index (χ3n) is 14.5. The predicted molar refractivity (Wildman–Crippen MR) is 318 cm³/mol. The molecule has 0 spiro atoms. The molecule has 1 radical (unpaired) electrons. The number of imidazole rings is 1. The Kier molecular flexibility index (Phi) is 14.8. The van der Waals surface area contributed by atoms with Gasteiger partial charge in [-0.3, -0.25) is 4.98 Å². The Morgan fingerprint density at radius 1 is 0.600 bits per heavy atom. The van der Waals surface area contributed by atoms with Crippen molar-refractivity contribution >= 4 is 57.0 Å². The van der Waals surface area contributed by atoms with Gasteiger partial charge in [-0.05, 0) is 118 Å². The van der Waals surface area contributed by atoms with E-state index in [1.165, 1.54) is 66.2 Å². The Morgan fingerprint density at radius 3 is 1.92 bits per heavy atom. The molecule has 0 amide bonds. The van der Waals surface area contributed by atoms with Crippen LogP contribution in [0.4, 0.5) is 0 Å². The number of hydrogen-bond acceptors (Lipinski definition) is 3. The number of rotatable bonds is 10. The molecule has 0 N–H and O–H groups in total. The van der Waals surface area contributed by atoms with Crippen LogP contribution in [0.15, 0.2) is 162 Å². The number of aryl methyl sites for hydroxylation is 2. The number of benzene rings is 8. The molecule has 11 aromatic rings. The molecular formula is C69H69IrN3OSi-2. The minimum atomic E-state index is -1.55. The average molecular weight is 1180 g/mol. The van der Waals surface area contributed by atoms with Crippen LogP contribution in [0.5, 0.6) is 0 Å². The van der Waals surface area contributed by atoms with Crippen molar-refractivity contribution in [3.8, 4) is 50.6 Å². The summed E-state index contributed by atoms with van der Waals surface area (Å²) in [4.78, 5) is 10.0. The molecule has 0 atom stereocenters. The first-order chi connectivity index (χ1) is 35.7. The molecule has 0 aliphatic rings. The molecule has 0 saturated heterocycles. The van der Waals surface area contributed by atoms with Crippen LogP contribution < -0.4 is 5.19 Å². The van der Waals surface area contributed by atoms with E-state index < -0.39 is 14.0 Å². The molecule has 0 saturated carbocycles. The summed E-state index contributed by atoms with van der Waals surface area (Å²) in [6, 6.07) is 61.1. The summed E-state index contributed by atoms with van der Waals surface area (Å²) < 4.78 is 17.7. The first-order valence-electron chi connectivity index (χ1n) is 26.9. The zero-order valence-electron chi connectivity index (χ0n) is 46.8. The molecule has 4 nitrogen and oxygen atoms in total. The molecule has 381 valence electrons. The minimum Gasteiger partial charge on any atom is -0.501 e. The molecule has 6 heteroatoms. The first-order valence-corrected chi connectivity index (χ1v) is 29.9. The molecule has 0 aliphatic carbocycles. The van der Waals surface area contributed by atoms with Crippen molar-refractivity contribution < 1.29 is 25.9 Å². The normalized spacial score (nSPS) is 12.2. The van der Waals surface area contributed by atoms with Crippen LogP contribution in [-0.4, -0.2) is 22.6 Å². The van der Waals surface area contributed by atoms with Gasteiger partial charge in [-0.2, -0.15) is 0 Å². The minimum absolute atomic E-state index is 0. The van der Waals surface area contributed by atoms with Gasteiger partial charge in [0.1, 0.15) is 5.58 Å². The van der Waals surface area contributed by atoms with Crippen molar-refractivity contribution in [3.63, 3.8) is 0 Å². The quantitative estimate of drug-likeness (QED) is 0.101. The second-order valence-corrected chi connectivity index (χ2v) is 27.5. The molecule has 0 unspecified atom stereocenters. The Labute approximate surface area is 461 Å². The maximum absolute atomic E-state index is 8.57. The van der Waals surface area contributed by atoms with Crippen LogP contribution in [0.3, 0.4) is 0 Å². The number of para-hydroxylation sites is 2. The summed E-state index contributed by atoms with van der Waals surface area (Å²) >= 11 is 0. The van der Waals surface area contributed by atoms with E-state index >= 15 is 0 Å². The second-order valence-electron chi connectivity index (χ2n) is 22.5. The topological polar surface area (TPSA) is 43.9 Å². The Balaban J connectivity index is 0.000000237. The van der Waals surface area contributed by atoms with E-state index in [0.29, 0.717) is 17.8 Å². The number of hydrogen-bond donors (Lipinski definition) is 0. The van der Waals surface area contributed by atoms with Crippen LogP contribution >= 0.6 is 0 Å². The fourth-order valence-corrected chi connectivity index (χ4v) is 12.2. The molecular weight excluding hydrogens is 1110 g/mol. The summed E-state index contributed by atoms with van der Waals surface area (Å²) in [7, 11) is -1.55. The van der Waals surface area contributed by atoms with Gasteiger partial charge in [0.25, 0.3) is 0 Å². The molecule has 8 aromatic carbocycles. The second kappa shape index (κ2) is 21.5. The molecule has 75 heavy (non-hydrogen) atoms. The van der Waals surface area contributed by atoms with E-state index in [-0.39, 0.29) is 20.1 Å². The Hall–Kier alpha value is -6.69. The molecule has 0 fully saturated rings. The van der Waals surface area contributed by atoms with Crippen LogP contribution in [0.2, 0.25) is 19.6 Å². The number of pyridine rings is 1. The van der Waals surface area contributed by atoms with Crippen molar-refractivity contribution in [2.24, 2.45) is 0 Å². The van der Waals surface area contributed by atoms with Crippen molar-refractivity contribution in [1.82, 2.24) is 14.5 Å². The average Bonchev–Trinajstić information content (AvgIpc) is 3.98. The van der Waals surface area contributed by atoms with E-state index in [4.69, 9.17) is 15.8 Å². The SMILES string of the molecule is Cc1cc(C)cc(-c2cccc(-c3ccc4oc5c(-c6nc7ccccc7n6-c6c(C(C)C)cc(C(C)C)cc6C(C)C)[c-]ccc5c4c3)c2)c1.[2H]C(C)(C)c1cc(-c2[c-]cc3ccccc3c2)ncc1[Si](C)(C)C.[Ir]. The van der Waals surface area contributed by atoms with Crippen molar-refractivity contribution in [2.75, 3.05) is 0 Å². The van der Waals surface area contributed by atoms with Gasteiger partial charge in [-0.1, -0.05) is 205 Å². The van der Waals surface area contributed by atoms with Gasteiger partial charge >= 0.3 is 0 Å². The third-order valence-corrected chi connectivity index (χ3v) is 16.5. The van der Waals surface area contributed by atoms with Gasteiger partial charge in [0.2, 0.25) is 0 Å². The maximum atomic E-state index is 8.57. The van der Waals surface area contributed by atoms with E-state index in [1.54, 1.807) is 0 Å². The smallest absolute Gasteiger partial charge is 0.120 e. The van der Waals surface area contributed by atoms with Gasteiger partial charge in [-0.25, -0.2) is 0 Å². The fraction of sp³-hybridized carbons (Fsp3) is 0.246. The van der Waals surface area contributed by atoms with Crippen molar-refractivity contribution in [2.45, 2.75) is 113 Å². The van der Waals surface area contributed by atoms with Gasteiger partial charge in [0.05, 0.1) is 30.5 Å². The molecule has 0 aliphatic heterocycles. The standard InChI is InChI=1S/C48H45N2O.C21H24NSi.Ir/c1-28(2)36-26-40(29(3)4)46(41(27-36)30(5)6)50-44-18-10-9-17-43(44)49-48(50)39-16-12-15-38-42-25-35(19-20-45(42)51-47(38)39)33-13-11-14-34(24-33)37-22-31(7)21-32(8)23-37;1-15(2)19-13-20(22-14-21(19)23(3,4)5)18-11-10-16-8-6-7-9-17(16)12-18;/h9-15,17-30H,1-8H3;6-10,12-15H,1-5H3;/q2*-1;/i;15D;. The molecule has 3 heterocycles. The van der Waals surface area contributed by atoms with Crippen LogP contribution in [0.1, 0.15) is 114 Å². The Bertz CT molecular complexity index is 3890. The van der Waals surface area contributed by atoms with E-state index in [9.17, 15) is 0 Å². The fourth-order valence-electron chi connectivity index (χ4n) is 10.6. The maximum Gasteiger partial charge on any atom is 0.120 e. The van der Waals surface area contributed by atoms with Crippen LogP contribution in [0.25, 0.3) is 94.3 Å². The number of fused-ring (bicyclic) bond motifs is 5. The van der Waals surface area contributed by atoms with Crippen molar-refractivity contribution in [1.29, 1.82) is 0 Å². The van der Waals surface area contributed by atoms with Gasteiger partial charge < -0.3 is 14.0 Å². The van der Waals surface area contributed by atoms with Gasteiger partial charge in [0.15, 0.2) is 0 Å². The monoisotopic (exact) mass is 1180 g/mol. The third kappa shape index (κ3) is 10.6. The van der Waals surface area contributed by atoms with E-state index in [0.717, 1.165) is 66.7 Å². The molecule has 11 rings (SSSR count). The zero-order valence-corrected chi connectivity index (χ0v) is 49.2. The van der Waals surface area contributed by atoms with Gasteiger partial charge in [-0.15, -0.1) is 47.3 Å². The van der Waals surface area contributed by atoms with Crippen molar-refractivity contribution in [3.05, 3.63) is 203 Å². The van der Waals surface area contributed by atoms with E-state index in [2.05, 4.69) is 219 Å². The summed E-state index contributed by atoms with van der Waals surface area (Å²) in [5, 5.41) is 5.79. The molecule has 0 bridgehead atoms. The predicted octanol–water partition coefficient (Wildman–Crippen LogP) is 19.1. The van der Waals surface area contributed by atoms with Gasteiger partial charge in [0, 0.05) is 38.7 Å².